The summed E-state index contributed by atoms with van der Waals surface area (Å²) in [5, 5.41) is 3.00. The summed E-state index contributed by atoms with van der Waals surface area (Å²) < 4.78 is 13.5. The lowest BCUT2D eigenvalue weighted by molar-refractivity contribution is 0.630. The molecule has 1 rings (SSSR count). The Labute approximate surface area is 98.4 Å². The number of nitrogens with two attached hydrogens (primary N) is 1. The third kappa shape index (κ3) is 3.68. The summed E-state index contributed by atoms with van der Waals surface area (Å²) in [6.07, 6.45) is 2.01. The molecule has 5 heteroatoms. The molecule has 82 valence electrons. The maximum absolute atomic E-state index is 13.5. The molecule has 0 radical (unpaired) electrons. The van der Waals surface area contributed by atoms with Crippen LogP contribution in [0.4, 0.5) is 10.1 Å². The zero-order valence-corrected chi connectivity index (χ0v) is 10.1. The molecule has 3 N–H and O–H groups in total. The lowest BCUT2D eigenvalue weighted by Gasteiger charge is -2.07. The first-order valence-corrected chi connectivity index (χ1v) is 6.27. The number of nitrogens with one attached hydrogen (secondary N) is 1. The average molecular weight is 244 g/mol. The Balaban J connectivity index is 2.70. The Kier molecular flexibility index (Phi) is 4.84. The van der Waals surface area contributed by atoms with Gasteiger partial charge in [-0.1, -0.05) is 12.2 Å². The van der Waals surface area contributed by atoms with Crippen molar-refractivity contribution in [3.05, 3.63) is 29.6 Å². The van der Waals surface area contributed by atoms with Gasteiger partial charge in [0.05, 0.1) is 5.69 Å². The number of halogens is 1. The minimum atomic E-state index is -0.318. The van der Waals surface area contributed by atoms with E-state index in [0.717, 1.165) is 12.3 Å². The standard InChI is InChI=1S/C10H13FN2S2/c1-15-5-4-13-9-3-2-7(10(12)14)6-8(9)11/h2-3,6,13H,4-5H2,1H3,(H2,12,14). The maximum Gasteiger partial charge on any atom is 0.146 e. The Morgan fingerprint density at radius 3 is 2.87 bits per heavy atom. The highest BCUT2D eigenvalue weighted by Crippen LogP contribution is 2.15. The molecule has 0 spiro atoms. The van der Waals surface area contributed by atoms with Crippen LogP contribution in [0.15, 0.2) is 18.2 Å². The molecule has 0 aliphatic heterocycles. The summed E-state index contributed by atoms with van der Waals surface area (Å²) in [6.45, 7) is 0.741. The van der Waals surface area contributed by atoms with Crippen LogP contribution < -0.4 is 11.1 Å². The summed E-state index contributed by atoms with van der Waals surface area (Å²) >= 11 is 6.47. The predicted molar refractivity (Wildman–Crippen MR) is 69.2 cm³/mol. The van der Waals surface area contributed by atoms with Gasteiger partial charge in [-0.3, -0.25) is 0 Å². The van der Waals surface area contributed by atoms with Crippen molar-refractivity contribution >= 4 is 34.7 Å². The fourth-order valence-corrected chi connectivity index (χ4v) is 1.53. The van der Waals surface area contributed by atoms with Crippen LogP contribution in [0, 0.1) is 5.82 Å². The molecule has 0 fully saturated rings. The van der Waals surface area contributed by atoms with Crippen molar-refractivity contribution in [1.29, 1.82) is 0 Å². The number of thiocarbonyl (C=S) groups is 1. The summed E-state index contributed by atoms with van der Waals surface area (Å²) in [4.78, 5) is 0.213. The largest absolute Gasteiger partial charge is 0.389 e. The van der Waals surface area contributed by atoms with Gasteiger partial charge in [-0.2, -0.15) is 11.8 Å². The second-order valence-corrected chi connectivity index (χ2v) is 4.40. The first kappa shape index (κ1) is 12.3. The van der Waals surface area contributed by atoms with E-state index in [1.54, 1.807) is 23.9 Å². The van der Waals surface area contributed by atoms with Gasteiger partial charge in [0.25, 0.3) is 0 Å². The van der Waals surface area contributed by atoms with Crippen LogP contribution in [0.1, 0.15) is 5.56 Å². The molecule has 0 aliphatic carbocycles. The van der Waals surface area contributed by atoms with Gasteiger partial charge in [-0.15, -0.1) is 0 Å². The SMILES string of the molecule is CSCCNc1ccc(C(N)=S)cc1F. The van der Waals surface area contributed by atoms with Crippen molar-refractivity contribution in [3.8, 4) is 0 Å². The van der Waals surface area contributed by atoms with E-state index >= 15 is 0 Å². The molecule has 0 unspecified atom stereocenters. The quantitative estimate of drug-likeness (QED) is 0.615. The van der Waals surface area contributed by atoms with Crippen molar-refractivity contribution in [2.24, 2.45) is 5.73 Å². The summed E-state index contributed by atoms with van der Waals surface area (Å²) in [7, 11) is 0. The van der Waals surface area contributed by atoms with Crippen LogP contribution in [0.3, 0.4) is 0 Å². The van der Waals surface area contributed by atoms with Crippen LogP contribution in [0.2, 0.25) is 0 Å². The summed E-state index contributed by atoms with van der Waals surface area (Å²) in [5.41, 5.74) is 6.44. The van der Waals surface area contributed by atoms with E-state index in [1.807, 2.05) is 6.26 Å². The Morgan fingerprint density at radius 2 is 2.33 bits per heavy atom. The summed E-state index contributed by atoms with van der Waals surface area (Å²) in [5.74, 6) is 0.623. The highest BCUT2D eigenvalue weighted by Gasteiger charge is 2.04. The van der Waals surface area contributed by atoms with Gasteiger partial charge in [0.15, 0.2) is 0 Å². The average Bonchev–Trinajstić information content (AvgIpc) is 2.20. The molecule has 0 saturated heterocycles. The molecule has 0 saturated carbocycles. The van der Waals surface area contributed by atoms with Gasteiger partial charge in [0.2, 0.25) is 0 Å². The first-order chi connectivity index (χ1) is 7.15. The second kappa shape index (κ2) is 5.92. The van der Waals surface area contributed by atoms with Crippen LogP contribution in [-0.4, -0.2) is 23.5 Å². The number of hydrogen-bond donors (Lipinski definition) is 2. The number of anilines is 1. The van der Waals surface area contributed by atoms with Gasteiger partial charge < -0.3 is 11.1 Å². The van der Waals surface area contributed by atoms with Crippen molar-refractivity contribution in [2.45, 2.75) is 0 Å². The van der Waals surface area contributed by atoms with Crippen LogP contribution in [-0.2, 0) is 0 Å². The molecule has 0 heterocycles. The van der Waals surface area contributed by atoms with Crippen molar-refractivity contribution in [1.82, 2.24) is 0 Å². The number of thioether (sulfide) groups is 1. The summed E-state index contributed by atoms with van der Waals surface area (Å²) in [6, 6.07) is 4.72. The van der Waals surface area contributed by atoms with Gasteiger partial charge in [0.1, 0.15) is 10.8 Å². The minimum absolute atomic E-state index is 0.213. The first-order valence-electron chi connectivity index (χ1n) is 4.47. The van der Waals surface area contributed by atoms with Gasteiger partial charge in [-0.25, -0.2) is 4.39 Å². The van der Waals surface area contributed by atoms with E-state index in [4.69, 9.17) is 18.0 Å². The molecule has 1 aromatic carbocycles. The third-order valence-corrected chi connectivity index (χ3v) is 2.72. The fraction of sp³-hybridized carbons (Fsp3) is 0.300. The Bertz CT molecular complexity index is 355. The monoisotopic (exact) mass is 244 g/mol. The smallest absolute Gasteiger partial charge is 0.146 e. The Morgan fingerprint density at radius 1 is 1.60 bits per heavy atom. The van der Waals surface area contributed by atoms with Crippen LogP contribution in [0.5, 0.6) is 0 Å². The van der Waals surface area contributed by atoms with E-state index in [2.05, 4.69) is 5.32 Å². The highest BCUT2D eigenvalue weighted by molar-refractivity contribution is 7.98. The zero-order chi connectivity index (χ0) is 11.3. The molecule has 0 aliphatic rings. The van der Waals surface area contributed by atoms with E-state index in [9.17, 15) is 4.39 Å². The minimum Gasteiger partial charge on any atom is -0.389 e. The molecular formula is C10H13FN2S2. The van der Waals surface area contributed by atoms with Crippen LogP contribution in [0.25, 0.3) is 0 Å². The molecule has 2 nitrogen and oxygen atoms in total. The molecule has 0 aromatic heterocycles. The predicted octanol–water partition coefficient (Wildman–Crippen LogP) is 2.23. The van der Waals surface area contributed by atoms with Crippen molar-refractivity contribution < 1.29 is 4.39 Å². The van der Waals surface area contributed by atoms with E-state index in [0.29, 0.717) is 11.3 Å². The normalized spacial score (nSPS) is 10.0. The molecule has 0 amide bonds. The van der Waals surface area contributed by atoms with Gasteiger partial charge in [0, 0.05) is 17.9 Å². The zero-order valence-electron chi connectivity index (χ0n) is 8.42. The Hall–Kier alpha value is -0.810. The van der Waals surface area contributed by atoms with Gasteiger partial charge >= 0.3 is 0 Å². The second-order valence-electron chi connectivity index (χ2n) is 2.98. The molecular weight excluding hydrogens is 231 g/mol. The van der Waals surface area contributed by atoms with E-state index < -0.39 is 0 Å². The number of rotatable bonds is 5. The highest BCUT2D eigenvalue weighted by atomic mass is 32.2. The fourth-order valence-electron chi connectivity index (χ4n) is 1.10. The van der Waals surface area contributed by atoms with Crippen LogP contribution >= 0.6 is 24.0 Å². The third-order valence-electron chi connectivity index (χ3n) is 1.88. The van der Waals surface area contributed by atoms with E-state index in [1.165, 1.54) is 6.07 Å². The lowest BCUT2D eigenvalue weighted by Crippen LogP contribution is -2.11. The van der Waals surface area contributed by atoms with Crippen molar-refractivity contribution in [2.75, 3.05) is 23.9 Å². The number of hydrogen-bond acceptors (Lipinski definition) is 3. The van der Waals surface area contributed by atoms with Crippen molar-refractivity contribution in [3.63, 3.8) is 0 Å². The number of benzene rings is 1. The molecule has 1 aromatic rings. The lowest BCUT2D eigenvalue weighted by atomic mass is 10.2. The van der Waals surface area contributed by atoms with E-state index in [-0.39, 0.29) is 10.8 Å². The van der Waals surface area contributed by atoms with Gasteiger partial charge in [-0.05, 0) is 24.5 Å². The molecule has 15 heavy (non-hydrogen) atoms. The maximum atomic E-state index is 13.5. The molecule has 0 bridgehead atoms. The topological polar surface area (TPSA) is 38.0 Å². The molecule has 0 atom stereocenters.